The maximum Gasteiger partial charge on any atom is 0.271 e. The Balaban J connectivity index is 1.37. The normalized spacial score (nSPS) is 12.0. The molecule has 6 nitrogen and oxygen atoms in total. The maximum absolute atomic E-state index is 12.3. The number of carbonyl (C=O) groups is 1. The van der Waals surface area contributed by atoms with Gasteiger partial charge in [-0.25, -0.2) is 4.98 Å². The van der Waals surface area contributed by atoms with Crippen LogP contribution < -0.4 is 20.1 Å². The van der Waals surface area contributed by atoms with Crippen LogP contribution in [-0.2, 0) is 6.54 Å². The molecule has 0 saturated carbocycles. The number of halogens is 1. The predicted molar refractivity (Wildman–Crippen MR) is 101 cm³/mol. The molecule has 1 amide bonds. The SMILES string of the molecule is O=C(NCc1ccc2c(c1)OCO2)c1csc(Nc2cccc(Cl)c2)n1. The van der Waals surface area contributed by atoms with Gasteiger partial charge < -0.3 is 20.1 Å². The highest BCUT2D eigenvalue weighted by molar-refractivity contribution is 7.14. The molecule has 0 fully saturated rings. The van der Waals surface area contributed by atoms with Gasteiger partial charge >= 0.3 is 0 Å². The first kappa shape index (κ1) is 16.7. The summed E-state index contributed by atoms with van der Waals surface area (Å²) in [5, 5.41) is 8.96. The highest BCUT2D eigenvalue weighted by atomic mass is 35.5. The van der Waals surface area contributed by atoms with E-state index in [-0.39, 0.29) is 12.7 Å². The van der Waals surface area contributed by atoms with E-state index >= 15 is 0 Å². The Morgan fingerprint density at radius 2 is 2.08 bits per heavy atom. The van der Waals surface area contributed by atoms with E-state index in [9.17, 15) is 4.79 Å². The lowest BCUT2D eigenvalue weighted by molar-refractivity contribution is 0.0946. The van der Waals surface area contributed by atoms with Gasteiger partial charge in [0.05, 0.1) is 0 Å². The van der Waals surface area contributed by atoms with Crippen molar-refractivity contribution in [2.24, 2.45) is 0 Å². The number of fused-ring (bicyclic) bond motifs is 1. The second-order valence-electron chi connectivity index (χ2n) is 5.54. The smallest absolute Gasteiger partial charge is 0.271 e. The summed E-state index contributed by atoms with van der Waals surface area (Å²) in [7, 11) is 0. The zero-order valence-electron chi connectivity index (χ0n) is 13.5. The third-order valence-corrected chi connectivity index (χ3v) is 4.70. The lowest BCUT2D eigenvalue weighted by Crippen LogP contribution is -2.23. The van der Waals surface area contributed by atoms with Crippen LogP contribution in [0.2, 0.25) is 5.02 Å². The van der Waals surface area contributed by atoms with Crippen molar-refractivity contribution in [1.29, 1.82) is 0 Å². The van der Waals surface area contributed by atoms with Gasteiger partial charge in [-0.05, 0) is 35.9 Å². The first-order valence-electron chi connectivity index (χ1n) is 7.82. The van der Waals surface area contributed by atoms with Crippen molar-refractivity contribution in [2.45, 2.75) is 6.54 Å². The number of thiazole rings is 1. The van der Waals surface area contributed by atoms with Gasteiger partial charge in [-0.1, -0.05) is 23.7 Å². The Hall–Kier alpha value is -2.77. The van der Waals surface area contributed by atoms with Crippen LogP contribution in [0, 0.1) is 0 Å². The first-order chi connectivity index (χ1) is 12.7. The van der Waals surface area contributed by atoms with Crippen LogP contribution in [0.3, 0.4) is 0 Å². The van der Waals surface area contributed by atoms with Crippen LogP contribution in [0.1, 0.15) is 16.1 Å². The lowest BCUT2D eigenvalue weighted by Gasteiger charge is -2.05. The molecule has 0 bridgehead atoms. The van der Waals surface area contributed by atoms with Crippen LogP contribution >= 0.6 is 22.9 Å². The fraction of sp³-hybridized carbons (Fsp3) is 0.111. The number of rotatable bonds is 5. The lowest BCUT2D eigenvalue weighted by atomic mass is 10.2. The van der Waals surface area contributed by atoms with Crippen molar-refractivity contribution in [3.63, 3.8) is 0 Å². The molecule has 0 unspecified atom stereocenters. The molecule has 132 valence electrons. The van der Waals surface area contributed by atoms with E-state index in [1.807, 2.05) is 30.3 Å². The molecule has 8 heteroatoms. The van der Waals surface area contributed by atoms with Gasteiger partial charge in [0.1, 0.15) is 5.69 Å². The van der Waals surface area contributed by atoms with Crippen LogP contribution in [0.25, 0.3) is 0 Å². The number of benzene rings is 2. The molecule has 2 heterocycles. The number of nitrogens with one attached hydrogen (secondary N) is 2. The van der Waals surface area contributed by atoms with Gasteiger partial charge in [0.15, 0.2) is 16.6 Å². The summed E-state index contributed by atoms with van der Waals surface area (Å²) in [4.78, 5) is 16.6. The van der Waals surface area contributed by atoms with E-state index in [1.54, 1.807) is 17.5 Å². The van der Waals surface area contributed by atoms with Gasteiger partial charge in [0, 0.05) is 22.6 Å². The van der Waals surface area contributed by atoms with E-state index in [1.165, 1.54) is 11.3 Å². The molecule has 1 aromatic heterocycles. The number of anilines is 2. The summed E-state index contributed by atoms with van der Waals surface area (Å²) in [6.45, 7) is 0.608. The fourth-order valence-electron chi connectivity index (χ4n) is 2.45. The number of carbonyl (C=O) groups excluding carboxylic acids is 1. The minimum absolute atomic E-state index is 0.229. The molecule has 0 radical (unpaired) electrons. The van der Waals surface area contributed by atoms with Gasteiger partial charge in [0.25, 0.3) is 5.91 Å². The van der Waals surface area contributed by atoms with Crippen LogP contribution in [-0.4, -0.2) is 17.7 Å². The molecule has 4 rings (SSSR count). The Morgan fingerprint density at radius 1 is 1.19 bits per heavy atom. The van der Waals surface area contributed by atoms with Crippen molar-refractivity contribution < 1.29 is 14.3 Å². The molecule has 26 heavy (non-hydrogen) atoms. The summed E-state index contributed by atoms with van der Waals surface area (Å²) in [5.41, 5.74) is 2.11. The largest absolute Gasteiger partial charge is 0.454 e. The van der Waals surface area contributed by atoms with Crippen molar-refractivity contribution in [3.05, 3.63) is 64.1 Å². The van der Waals surface area contributed by atoms with Crippen LogP contribution in [0.15, 0.2) is 47.8 Å². The monoisotopic (exact) mass is 387 g/mol. The van der Waals surface area contributed by atoms with Crippen LogP contribution in [0.4, 0.5) is 10.8 Å². The molecule has 2 aromatic carbocycles. The number of hydrogen-bond acceptors (Lipinski definition) is 6. The molecular formula is C18H14ClN3O3S. The van der Waals surface area contributed by atoms with Crippen molar-refractivity contribution in [3.8, 4) is 11.5 Å². The zero-order chi connectivity index (χ0) is 17.9. The second-order valence-corrected chi connectivity index (χ2v) is 6.84. The molecular weight excluding hydrogens is 374 g/mol. The molecule has 1 aliphatic heterocycles. The molecule has 2 N–H and O–H groups in total. The third kappa shape index (κ3) is 3.74. The van der Waals surface area contributed by atoms with E-state index in [2.05, 4.69) is 15.6 Å². The fourth-order valence-corrected chi connectivity index (χ4v) is 3.35. The van der Waals surface area contributed by atoms with E-state index < -0.39 is 0 Å². The molecule has 3 aromatic rings. The number of hydrogen-bond donors (Lipinski definition) is 2. The number of amides is 1. The van der Waals surface area contributed by atoms with E-state index in [0.29, 0.717) is 28.1 Å². The quantitative estimate of drug-likeness (QED) is 0.686. The Labute approximate surface area is 158 Å². The topological polar surface area (TPSA) is 72.5 Å². The summed E-state index contributed by atoms with van der Waals surface area (Å²) in [6.07, 6.45) is 0. The summed E-state index contributed by atoms with van der Waals surface area (Å²) < 4.78 is 10.6. The second kappa shape index (κ2) is 7.23. The highest BCUT2D eigenvalue weighted by Crippen LogP contribution is 2.32. The standard InChI is InChI=1S/C18H14ClN3O3S/c19-12-2-1-3-13(7-12)21-18-22-14(9-26-18)17(23)20-8-11-4-5-15-16(6-11)25-10-24-15/h1-7,9H,8,10H2,(H,20,23)(H,21,22). The number of aromatic nitrogens is 1. The third-order valence-electron chi connectivity index (χ3n) is 3.70. The van der Waals surface area contributed by atoms with Gasteiger partial charge in [-0.2, -0.15) is 0 Å². The Kier molecular flexibility index (Phi) is 4.64. The van der Waals surface area contributed by atoms with E-state index in [0.717, 1.165) is 17.0 Å². The first-order valence-corrected chi connectivity index (χ1v) is 9.08. The van der Waals surface area contributed by atoms with Crippen molar-refractivity contribution in [2.75, 3.05) is 12.1 Å². The summed E-state index contributed by atoms with van der Waals surface area (Å²) in [6, 6.07) is 12.9. The maximum atomic E-state index is 12.3. The van der Waals surface area contributed by atoms with Crippen molar-refractivity contribution >= 4 is 39.7 Å². The minimum atomic E-state index is -0.238. The zero-order valence-corrected chi connectivity index (χ0v) is 15.1. The Bertz CT molecular complexity index is 960. The Morgan fingerprint density at radius 3 is 2.96 bits per heavy atom. The average molecular weight is 388 g/mol. The van der Waals surface area contributed by atoms with Crippen molar-refractivity contribution in [1.82, 2.24) is 10.3 Å². The number of nitrogens with zero attached hydrogens (tertiary/aromatic N) is 1. The molecule has 0 atom stereocenters. The molecule has 0 spiro atoms. The van der Waals surface area contributed by atoms with Gasteiger partial charge in [-0.15, -0.1) is 11.3 Å². The van der Waals surface area contributed by atoms with Gasteiger partial charge in [-0.3, -0.25) is 4.79 Å². The average Bonchev–Trinajstić information content (AvgIpc) is 3.28. The molecule has 0 aliphatic carbocycles. The highest BCUT2D eigenvalue weighted by Gasteiger charge is 2.14. The molecule has 0 saturated heterocycles. The molecule has 1 aliphatic rings. The number of ether oxygens (including phenoxy) is 2. The minimum Gasteiger partial charge on any atom is -0.454 e. The van der Waals surface area contributed by atoms with E-state index in [4.69, 9.17) is 21.1 Å². The van der Waals surface area contributed by atoms with Gasteiger partial charge in [0.2, 0.25) is 6.79 Å². The summed E-state index contributed by atoms with van der Waals surface area (Å²) in [5.74, 6) is 1.17. The summed E-state index contributed by atoms with van der Waals surface area (Å²) >= 11 is 7.32. The van der Waals surface area contributed by atoms with Crippen LogP contribution in [0.5, 0.6) is 11.5 Å². The predicted octanol–water partition coefficient (Wildman–Crippen LogP) is 4.20.